The maximum Gasteiger partial charge on any atom is 0.162 e. The minimum atomic E-state index is -0.588. The molecule has 0 saturated heterocycles. The summed E-state index contributed by atoms with van der Waals surface area (Å²) >= 11 is 5.91. The number of halogens is 3. The van der Waals surface area contributed by atoms with E-state index in [2.05, 4.69) is 6.92 Å². The quantitative estimate of drug-likeness (QED) is 0.532. The Morgan fingerprint density at radius 2 is 1.26 bits per heavy atom. The Balaban J connectivity index is 1.75. The summed E-state index contributed by atoms with van der Waals surface area (Å²) in [6.07, 6.45) is 8.11. The molecule has 1 aromatic carbocycles. The summed E-state index contributed by atoms with van der Waals surface area (Å²) in [6.45, 7) is 2.24. The number of hydrogen-bond donors (Lipinski definition) is 0. The van der Waals surface area contributed by atoms with Gasteiger partial charge in [-0.05, 0) is 73.3 Å². The lowest BCUT2D eigenvalue weighted by atomic mass is 9.77. The molecule has 0 aliphatic heterocycles. The Labute approximate surface area is 143 Å². The minimum Gasteiger partial charge on any atom is -0.203 e. The Hall–Kier alpha value is -0.630. The molecule has 0 aromatic heterocycles. The topological polar surface area (TPSA) is 0 Å². The van der Waals surface area contributed by atoms with Gasteiger partial charge in [0.15, 0.2) is 11.6 Å². The Morgan fingerprint density at radius 1 is 0.826 bits per heavy atom. The number of benzene rings is 1. The molecule has 2 fully saturated rings. The molecule has 0 N–H and O–H groups in total. The van der Waals surface area contributed by atoms with Gasteiger partial charge in [-0.2, -0.15) is 0 Å². The minimum absolute atomic E-state index is 0.157. The summed E-state index contributed by atoms with van der Waals surface area (Å²) in [5.41, 5.74) is 1.19. The molecule has 2 aliphatic carbocycles. The van der Waals surface area contributed by atoms with E-state index < -0.39 is 11.6 Å². The van der Waals surface area contributed by atoms with Gasteiger partial charge in [0.25, 0.3) is 0 Å². The average molecular weight is 341 g/mol. The molecule has 0 unspecified atom stereocenters. The third-order valence-electron chi connectivity index (χ3n) is 6.10. The highest BCUT2D eigenvalue weighted by Gasteiger charge is 2.28. The molecular weight excluding hydrogens is 314 g/mol. The van der Waals surface area contributed by atoms with Crippen molar-refractivity contribution in [3.63, 3.8) is 0 Å². The fourth-order valence-electron chi connectivity index (χ4n) is 4.41. The van der Waals surface area contributed by atoms with Crippen molar-refractivity contribution in [2.45, 2.75) is 70.1 Å². The van der Waals surface area contributed by atoms with Crippen LogP contribution in [0.25, 0.3) is 0 Å². The van der Waals surface area contributed by atoms with Crippen LogP contribution in [-0.2, 0) is 0 Å². The fourth-order valence-corrected chi connectivity index (χ4v) is 4.72. The summed E-state index contributed by atoms with van der Waals surface area (Å²) in [6, 6.07) is 3.72. The van der Waals surface area contributed by atoms with Gasteiger partial charge in [0.1, 0.15) is 0 Å². The van der Waals surface area contributed by atoms with Gasteiger partial charge in [0.2, 0.25) is 0 Å². The molecule has 0 nitrogen and oxygen atoms in total. The van der Waals surface area contributed by atoms with Gasteiger partial charge in [-0.3, -0.25) is 0 Å². The van der Waals surface area contributed by atoms with Gasteiger partial charge in [-0.15, -0.1) is 11.6 Å². The molecule has 3 heteroatoms. The Kier molecular flexibility index (Phi) is 5.61. The van der Waals surface area contributed by atoms with Crippen LogP contribution in [0.15, 0.2) is 12.1 Å². The van der Waals surface area contributed by atoms with E-state index in [1.165, 1.54) is 0 Å². The van der Waals surface area contributed by atoms with Crippen LogP contribution in [0.4, 0.5) is 8.78 Å². The summed E-state index contributed by atoms with van der Waals surface area (Å²) in [5, 5.41) is 0. The van der Waals surface area contributed by atoms with E-state index in [0.29, 0.717) is 22.9 Å². The van der Waals surface area contributed by atoms with E-state index >= 15 is 0 Å². The Morgan fingerprint density at radius 3 is 1.70 bits per heavy atom. The van der Waals surface area contributed by atoms with Crippen molar-refractivity contribution in [3.8, 4) is 0 Å². The third kappa shape index (κ3) is 3.73. The van der Waals surface area contributed by atoms with Gasteiger partial charge < -0.3 is 0 Å². The number of hydrogen-bond acceptors (Lipinski definition) is 0. The molecule has 3 rings (SSSR count). The summed E-state index contributed by atoms with van der Waals surface area (Å²) in [7, 11) is 0. The predicted molar refractivity (Wildman–Crippen MR) is 92.2 cm³/mol. The second-order valence-electron chi connectivity index (χ2n) is 7.70. The molecule has 0 radical (unpaired) electrons. The first-order chi connectivity index (χ1) is 11.1. The first-order valence-electron chi connectivity index (χ1n) is 9.13. The van der Waals surface area contributed by atoms with Crippen molar-refractivity contribution in [2.24, 2.45) is 11.8 Å². The second-order valence-corrected chi connectivity index (χ2v) is 8.01. The summed E-state index contributed by atoms with van der Waals surface area (Å²) < 4.78 is 29.3. The van der Waals surface area contributed by atoms with E-state index in [1.54, 1.807) is 0 Å². The zero-order valence-corrected chi connectivity index (χ0v) is 14.7. The van der Waals surface area contributed by atoms with Crippen molar-refractivity contribution in [1.82, 2.24) is 0 Å². The highest BCUT2D eigenvalue weighted by atomic mass is 35.5. The van der Waals surface area contributed by atoms with Crippen LogP contribution >= 0.6 is 11.6 Å². The van der Waals surface area contributed by atoms with E-state index in [0.717, 1.165) is 57.3 Å². The molecule has 0 heterocycles. The molecule has 1 aromatic rings. The first kappa shape index (κ1) is 17.2. The van der Waals surface area contributed by atoms with Crippen molar-refractivity contribution < 1.29 is 8.78 Å². The maximum absolute atomic E-state index is 14.7. The van der Waals surface area contributed by atoms with Gasteiger partial charge in [-0.25, -0.2) is 8.78 Å². The van der Waals surface area contributed by atoms with Gasteiger partial charge >= 0.3 is 0 Å². The normalized spacial score (nSPS) is 32.0. The van der Waals surface area contributed by atoms with Crippen molar-refractivity contribution in [2.75, 3.05) is 5.88 Å². The van der Waals surface area contributed by atoms with Crippen LogP contribution < -0.4 is 0 Å². The van der Waals surface area contributed by atoms with E-state index in [4.69, 9.17) is 11.6 Å². The molecule has 128 valence electrons. The third-order valence-corrected chi connectivity index (χ3v) is 6.54. The van der Waals surface area contributed by atoms with Crippen LogP contribution in [0.2, 0.25) is 0 Å². The lowest BCUT2D eigenvalue weighted by Gasteiger charge is -2.29. The Bertz CT molecular complexity index is 527. The molecule has 2 saturated carbocycles. The molecule has 2 aliphatic rings. The summed E-state index contributed by atoms with van der Waals surface area (Å²) in [4.78, 5) is 0. The smallest absolute Gasteiger partial charge is 0.162 e. The van der Waals surface area contributed by atoms with Gasteiger partial charge in [0.05, 0.1) is 0 Å². The fraction of sp³-hybridized carbons (Fsp3) is 0.700. The maximum atomic E-state index is 14.7. The number of alkyl halides is 1. The highest BCUT2D eigenvalue weighted by Crippen LogP contribution is 2.41. The largest absolute Gasteiger partial charge is 0.203 e. The highest BCUT2D eigenvalue weighted by molar-refractivity contribution is 6.18. The zero-order valence-electron chi connectivity index (χ0n) is 14.0. The molecule has 0 spiro atoms. The van der Waals surface area contributed by atoms with Gasteiger partial charge in [-0.1, -0.05) is 31.9 Å². The average Bonchev–Trinajstić information content (AvgIpc) is 2.58. The molecule has 0 atom stereocenters. The first-order valence-corrected chi connectivity index (χ1v) is 9.67. The lowest BCUT2D eigenvalue weighted by molar-refractivity contribution is 0.331. The second kappa shape index (κ2) is 7.51. The standard InChI is InChI=1S/C20H27ClF2/c1-13-2-6-15(7-3-13)17-10-11-18(20(23)19(17)22)16-8-4-14(12-21)5-9-16/h10-11,13-16H,2-9,12H2,1H3. The van der Waals surface area contributed by atoms with Crippen LogP contribution in [0, 0.1) is 23.5 Å². The van der Waals surface area contributed by atoms with Crippen molar-refractivity contribution in [1.29, 1.82) is 0 Å². The molecular formula is C20H27ClF2. The van der Waals surface area contributed by atoms with Gasteiger partial charge in [0, 0.05) is 5.88 Å². The van der Waals surface area contributed by atoms with Crippen LogP contribution in [-0.4, -0.2) is 5.88 Å². The van der Waals surface area contributed by atoms with Crippen LogP contribution in [0.1, 0.15) is 81.3 Å². The lowest BCUT2D eigenvalue weighted by Crippen LogP contribution is -2.17. The van der Waals surface area contributed by atoms with E-state index in [-0.39, 0.29) is 11.8 Å². The van der Waals surface area contributed by atoms with Crippen molar-refractivity contribution >= 4 is 11.6 Å². The SMILES string of the molecule is CC1CCC(c2ccc(C3CCC(CCl)CC3)c(F)c2F)CC1. The molecule has 23 heavy (non-hydrogen) atoms. The van der Waals surface area contributed by atoms with Crippen LogP contribution in [0.5, 0.6) is 0 Å². The van der Waals surface area contributed by atoms with Crippen LogP contribution in [0.3, 0.4) is 0 Å². The van der Waals surface area contributed by atoms with E-state index in [1.807, 2.05) is 12.1 Å². The number of rotatable bonds is 3. The monoisotopic (exact) mass is 340 g/mol. The molecule has 0 bridgehead atoms. The molecule has 0 amide bonds. The summed E-state index contributed by atoms with van der Waals surface area (Å²) in [5.74, 6) is 1.13. The van der Waals surface area contributed by atoms with Crippen molar-refractivity contribution in [3.05, 3.63) is 34.9 Å². The van der Waals surface area contributed by atoms with E-state index in [9.17, 15) is 8.78 Å². The zero-order chi connectivity index (χ0) is 16.4. The predicted octanol–water partition coefficient (Wildman–Crippen LogP) is 6.77.